The molecule has 1 saturated heterocycles. The predicted molar refractivity (Wildman–Crippen MR) is 92.9 cm³/mol. The molecule has 24 heavy (non-hydrogen) atoms. The van der Waals surface area contributed by atoms with Crippen LogP contribution in [0.4, 0.5) is 0 Å². The molecule has 3 rings (SSSR count). The van der Waals surface area contributed by atoms with E-state index in [1.54, 1.807) is 7.11 Å². The van der Waals surface area contributed by atoms with Gasteiger partial charge >= 0.3 is 0 Å². The summed E-state index contributed by atoms with van der Waals surface area (Å²) in [5.74, 6) is 0.510. The van der Waals surface area contributed by atoms with Crippen molar-refractivity contribution in [3.05, 3.63) is 48.3 Å². The molecule has 0 N–H and O–H groups in total. The molecule has 1 aromatic carbocycles. The Balaban J connectivity index is 1.72. The topological polar surface area (TPSA) is 64.4 Å². The van der Waals surface area contributed by atoms with Crippen LogP contribution >= 0.6 is 0 Å². The Morgan fingerprint density at radius 1 is 1.29 bits per heavy atom. The normalized spacial score (nSPS) is 19.8. The summed E-state index contributed by atoms with van der Waals surface area (Å²) >= 11 is 0. The SMILES string of the molecule is COCCN(Cc1ccn(-c2ccccc2)n1)C1CCS(=O)(=O)C1. The number of rotatable bonds is 7. The van der Waals surface area contributed by atoms with Gasteiger partial charge in [-0.2, -0.15) is 5.10 Å². The fourth-order valence-electron chi connectivity index (χ4n) is 3.04. The lowest BCUT2D eigenvalue weighted by atomic mass is 10.2. The first-order chi connectivity index (χ1) is 11.6. The monoisotopic (exact) mass is 349 g/mol. The molecule has 0 radical (unpaired) electrons. The standard InChI is InChI=1S/C17H23N3O3S/c1-23-11-10-19(17-8-12-24(21,22)14-17)13-15-7-9-20(18-15)16-5-3-2-4-6-16/h2-7,9,17H,8,10-14H2,1H3. The Bertz CT molecular complexity index is 758. The molecule has 130 valence electrons. The van der Waals surface area contributed by atoms with E-state index >= 15 is 0 Å². The Kier molecular flexibility index (Phi) is 5.33. The van der Waals surface area contributed by atoms with Crippen LogP contribution < -0.4 is 0 Å². The maximum atomic E-state index is 11.8. The number of para-hydroxylation sites is 1. The first-order valence-electron chi connectivity index (χ1n) is 8.11. The van der Waals surface area contributed by atoms with Crippen molar-refractivity contribution < 1.29 is 13.2 Å². The highest BCUT2D eigenvalue weighted by molar-refractivity contribution is 7.91. The third kappa shape index (κ3) is 4.23. The zero-order valence-corrected chi connectivity index (χ0v) is 14.7. The minimum absolute atomic E-state index is 0.0482. The van der Waals surface area contributed by atoms with Gasteiger partial charge in [0.2, 0.25) is 0 Å². The third-order valence-electron chi connectivity index (χ3n) is 4.34. The van der Waals surface area contributed by atoms with Crippen LogP contribution in [-0.2, 0) is 21.1 Å². The summed E-state index contributed by atoms with van der Waals surface area (Å²) in [5, 5.41) is 4.62. The van der Waals surface area contributed by atoms with Crippen molar-refractivity contribution in [3.8, 4) is 5.69 Å². The van der Waals surface area contributed by atoms with Gasteiger partial charge in [0.05, 0.1) is 29.5 Å². The number of aromatic nitrogens is 2. The van der Waals surface area contributed by atoms with Gasteiger partial charge in [-0.1, -0.05) is 18.2 Å². The van der Waals surface area contributed by atoms with Gasteiger partial charge < -0.3 is 4.74 Å². The molecule has 0 amide bonds. The molecule has 2 heterocycles. The molecule has 6 nitrogen and oxygen atoms in total. The van der Waals surface area contributed by atoms with Gasteiger partial charge in [-0.3, -0.25) is 4.90 Å². The highest BCUT2D eigenvalue weighted by Gasteiger charge is 2.32. The minimum atomic E-state index is -2.90. The molecule has 0 spiro atoms. The van der Waals surface area contributed by atoms with Crippen molar-refractivity contribution >= 4 is 9.84 Å². The second-order valence-electron chi connectivity index (χ2n) is 6.11. The van der Waals surface area contributed by atoms with E-state index in [-0.39, 0.29) is 17.5 Å². The molecular formula is C17H23N3O3S. The van der Waals surface area contributed by atoms with Gasteiger partial charge in [-0.15, -0.1) is 0 Å². The van der Waals surface area contributed by atoms with E-state index in [1.165, 1.54) is 0 Å². The fraction of sp³-hybridized carbons (Fsp3) is 0.471. The second-order valence-corrected chi connectivity index (χ2v) is 8.34. The summed E-state index contributed by atoms with van der Waals surface area (Å²) in [4.78, 5) is 2.17. The molecule has 0 bridgehead atoms. The maximum absolute atomic E-state index is 11.8. The van der Waals surface area contributed by atoms with Crippen molar-refractivity contribution in [1.82, 2.24) is 14.7 Å². The van der Waals surface area contributed by atoms with Crippen LogP contribution in [0.3, 0.4) is 0 Å². The molecule has 1 unspecified atom stereocenters. The quantitative estimate of drug-likeness (QED) is 0.758. The average Bonchev–Trinajstić information content (AvgIpc) is 3.18. The zero-order valence-electron chi connectivity index (χ0n) is 13.8. The highest BCUT2D eigenvalue weighted by Crippen LogP contribution is 2.20. The number of ether oxygens (including phenoxy) is 1. The maximum Gasteiger partial charge on any atom is 0.151 e. The largest absolute Gasteiger partial charge is 0.383 e. The van der Waals surface area contributed by atoms with Crippen molar-refractivity contribution in [2.24, 2.45) is 0 Å². The Labute approximate surface area is 143 Å². The molecule has 7 heteroatoms. The van der Waals surface area contributed by atoms with Crippen molar-refractivity contribution in [3.63, 3.8) is 0 Å². The van der Waals surface area contributed by atoms with Crippen molar-refractivity contribution in [2.45, 2.75) is 19.0 Å². The molecule has 1 atom stereocenters. The summed E-state index contributed by atoms with van der Waals surface area (Å²) in [6.07, 6.45) is 2.62. The van der Waals surface area contributed by atoms with E-state index in [2.05, 4.69) is 10.00 Å². The van der Waals surface area contributed by atoms with E-state index in [9.17, 15) is 8.42 Å². The van der Waals surface area contributed by atoms with Gasteiger partial charge in [0.15, 0.2) is 9.84 Å². The van der Waals surface area contributed by atoms with Crippen LogP contribution in [0.15, 0.2) is 42.6 Å². The van der Waals surface area contributed by atoms with E-state index in [0.717, 1.165) is 11.4 Å². The van der Waals surface area contributed by atoms with Crippen LogP contribution in [0.1, 0.15) is 12.1 Å². The van der Waals surface area contributed by atoms with E-state index in [1.807, 2.05) is 47.3 Å². The van der Waals surface area contributed by atoms with Gasteiger partial charge in [0.25, 0.3) is 0 Å². The highest BCUT2D eigenvalue weighted by atomic mass is 32.2. The van der Waals surface area contributed by atoms with E-state index in [4.69, 9.17) is 4.74 Å². The molecule has 2 aromatic rings. The second kappa shape index (κ2) is 7.46. The van der Waals surface area contributed by atoms with Crippen LogP contribution in [0.25, 0.3) is 5.69 Å². The summed E-state index contributed by atoms with van der Waals surface area (Å²) < 4.78 is 30.6. The molecule has 0 aliphatic carbocycles. The van der Waals surface area contributed by atoms with Gasteiger partial charge in [0.1, 0.15) is 0 Å². The van der Waals surface area contributed by atoms with Gasteiger partial charge in [-0.25, -0.2) is 13.1 Å². The number of methoxy groups -OCH3 is 1. The summed E-state index contributed by atoms with van der Waals surface area (Å²) in [6, 6.07) is 12.0. The molecule has 1 aliphatic heterocycles. The molecule has 1 aliphatic rings. The van der Waals surface area contributed by atoms with E-state index < -0.39 is 9.84 Å². The van der Waals surface area contributed by atoms with Crippen molar-refractivity contribution in [2.75, 3.05) is 31.8 Å². The Morgan fingerprint density at radius 3 is 2.75 bits per heavy atom. The van der Waals surface area contributed by atoms with Gasteiger partial charge in [-0.05, 0) is 24.6 Å². The molecule has 0 saturated carbocycles. The average molecular weight is 349 g/mol. The summed E-state index contributed by atoms with van der Waals surface area (Å²) in [6.45, 7) is 1.91. The van der Waals surface area contributed by atoms with Crippen molar-refractivity contribution in [1.29, 1.82) is 0 Å². The predicted octanol–water partition coefficient (Wildman–Crippen LogP) is 1.51. The molecule has 1 aromatic heterocycles. The smallest absolute Gasteiger partial charge is 0.151 e. The first kappa shape index (κ1) is 17.1. The molecule has 1 fully saturated rings. The van der Waals surface area contributed by atoms with Gasteiger partial charge in [0, 0.05) is 32.4 Å². The van der Waals surface area contributed by atoms with Crippen LogP contribution in [0, 0.1) is 0 Å². The first-order valence-corrected chi connectivity index (χ1v) is 9.93. The zero-order chi connectivity index (χ0) is 17.0. The molecular weight excluding hydrogens is 326 g/mol. The third-order valence-corrected chi connectivity index (χ3v) is 6.09. The summed E-state index contributed by atoms with van der Waals surface area (Å²) in [7, 11) is -1.24. The van der Waals surface area contributed by atoms with E-state index in [0.29, 0.717) is 26.1 Å². The lowest BCUT2D eigenvalue weighted by Crippen LogP contribution is -2.38. The number of hydrogen-bond donors (Lipinski definition) is 0. The number of hydrogen-bond acceptors (Lipinski definition) is 5. The van der Waals surface area contributed by atoms with Crippen LogP contribution in [0.2, 0.25) is 0 Å². The minimum Gasteiger partial charge on any atom is -0.383 e. The lowest BCUT2D eigenvalue weighted by molar-refractivity contribution is 0.120. The Morgan fingerprint density at radius 2 is 2.08 bits per heavy atom. The number of sulfone groups is 1. The Hall–Kier alpha value is -1.70. The number of benzene rings is 1. The lowest BCUT2D eigenvalue weighted by Gasteiger charge is -2.26. The fourth-order valence-corrected chi connectivity index (χ4v) is 4.80. The number of nitrogens with zero attached hydrogens (tertiary/aromatic N) is 3. The summed E-state index contributed by atoms with van der Waals surface area (Å²) in [5.41, 5.74) is 1.94. The van der Waals surface area contributed by atoms with Crippen LogP contribution in [0.5, 0.6) is 0 Å². The van der Waals surface area contributed by atoms with Crippen LogP contribution in [-0.4, -0.2) is 60.9 Å².